The van der Waals surface area contributed by atoms with Gasteiger partial charge in [0.05, 0.1) is 4.90 Å². The molecule has 0 aliphatic heterocycles. The molecule has 11 heteroatoms. The Bertz CT molecular complexity index is 1140. The number of amides is 1. The molecule has 1 amide bonds. The van der Waals surface area contributed by atoms with Gasteiger partial charge in [-0.1, -0.05) is 17.7 Å². The smallest absolute Gasteiger partial charge is 0.248 e. The first-order chi connectivity index (χ1) is 13.7. The number of nitrogens with zero attached hydrogens (tertiary/aromatic N) is 5. The van der Waals surface area contributed by atoms with Gasteiger partial charge in [-0.25, -0.2) is 12.7 Å². The van der Waals surface area contributed by atoms with E-state index in [2.05, 4.69) is 20.7 Å². The predicted molar refractivity (Wildman–Crippen MR) is 109 cm³/mol. The molecule has 1 aromatic heterocycles. The Morgan fingerprint density at radius 2 is 1.86 bits per heavy atom. The maximum atomic E-state index is 12.4. The lowest BCUT2D eigenvalue weighted by atomic mass is 10.2. The fourth-order valence-corrected chi connectivity index (χ4v) is 3.50. The summed E-state index contributed by atoms with van der Waals surface area (Å²) in [6.07, 6.45) is 0. The highest BCUT2D eigenvalue weighted by molar-refractivity contribution is 7.89. The van der Waals surface area contributed by atoms with Crippen molar-refractivity contribution in [1.29, 1.82) is 0 Å². The maximum absolute atomic E-state index is 12.4. The zero-order valence-electron chi connectivity index (χ0n) is 16.0. The van der Waals surface area contributed by atoms with Gasteiger partial charge in [-0.3, -0.25) is 4.79 Å². The fraction of sp³-hybridized carbons (Fsp3) is 0.222. The Morgan fingerprint density at radius 3 is 2.52 bits per heavy atom. The van der Waals surface area contributed by atoms with Gasteiger partial charge in [-0.2, -0.15) is 4.80 Å². The molecule has 0 atom stereocenters. The predicted octanol–water partition coefficient (Wildman–Crippen LogP) is 2.19. The minimum absolute atomic E-state index is 0.0901. The molecule has 0 aliphatic carbocycles. The van der Waals surface area contributed by atoms with Crippen LogP contribution in [-0.4, -0.2) is 52.9 Å². The van der Waals surface area contributed by atoms with E-state index in [1.807, 2.05) is 0 Å². The minimum Gasteiger partial charge on any atom is -0.324 e. The summed E-state index contributed by atoms with van der Waals surface area (Å²) in [6, 6.07) is 11.5. The molecule has 1 heterocycles. The van der Waals surface area contributed by atoms with Gasteiger partial charge in [-0.15, -0.1) is 10.2 Å². The molecule has 3 rings (SSSR count). The molecule has 0 unspecified atom stereocenters. The van der Waals surface area contributed by atoms with Gasteiger partial charge in [0.2, 0.25) is 21.8 Å². The monoisotopic (exact) mass is 434 g/mol. The third-order valence-corrected chi connectivity index (χ3v) is 6.17. The van der Waals surface area contributed by atoms with Crippen LogP contribution in [0.5, 0.6) is 0 Å². The van der Waals surface area contributed by atoms with Gasteiger partial charge in [-0.05, 0) is 54.1 Å². The second-order valence-electron chi connectivity index (χ2n) is 6.46. The Hall–Kier alpha value is -2.82. The summed E-state index contributed by atoms with van der Waals surface area (Å²) in [5.74, 6) is -0.0442. The molecule has 0 radical (unpaired) electrons. The van der Waals surface area contributed by atoms with E-state index in [4.69, 9.17) is 11.6 Å². The third kappa shape index (κ3) is 4.78. The van der Waals surface area contributed by atoms with Crippen LogP contribution in [0.25, 0.3) is 11.4 Å². The van der Waals surface area contributed by atoms with Crippen molar-refractivity contribution in [2.75, 3.05) is 19.4 Å². The number of benzene rings is 2. The Kier molecular flexibility index (Phi) is 5.96. The Labute approximate surface area is 173 Å². The van der Waals surface area contributed by atoms with Crippen LogP contribution in [0.3, 0.4) is 0 Å². The van der Waals surface area contributed by atoms with Crippen molar-refractivity contribution >= 4 is 33.2 Å². The highest BCUT2D eigenvalue weighted by Gasteiger charge is 2.19. The van der Waals surface area contributed by atoms with E-state index < -0.39 is 15.9 Å². The second-order valence-corrected chi connectivity index (χ2v) is 9.05. The molecule has 0 spiro atoms. The molecule has 2 aromatic carbocycles. The zero-order chi connectivity index (χ0) is 21.2. The van der Waals surface area contributed by atoms with Gasteiger partial charge in [0.15, 0.2) is 0 Å². The largest absolute Gasteiger partial charge is 0.324 e. The number of carbonyl (C=O) groups excluding carboxylic acids is 1. The number of sulfonamides is 1. The summed E-state index contributed by atoms with van der Waals surface area (Å²) < 4.78 is 25.7. The number of aryl methyl sites for hydroxylation is 1. The first-order valence-electron chi connectivity index (χ1n) is 8.53. The quantitative estimate of drug-likeness (QED) is 0.636. The topological polar surface area (TPSA) is 110 Å². The molecule has 3 aromatic rings. The van der Waals surface area contributed by atoms with Gasteiger partial charge in [0.1, 0.15) is 6.54 Å². The van der Waals surface area contributed by atoms with Crippen LogP contribution in [-0.2, 0) is 21.4 Å². The summed E-state index contributed by atoms with van der Waals surface area (Å²) in [6.45, 7) is 1.60. The van der Waals surface area contributed by atoms with E-state index in [0.29, 0.717) is 16.5 Å². The first kappa shape index (κ1) is 20.9. The number of carbonyl (C=O) groups is 1. The summed E-state index contributed by atoms with van der Waals surface area (Å²) >= 11 is 5.86. The average Bonchev–Trinajstić information content (AvgIpc) is 3.12. The van der Waals surface area contributed by atoms with Gasteiger partial charge >= 0.3 is 0 Å². The average molecular weight is 435 g/mol. The maximum Gasteiger partial charge on any atom is 0.248 e. The molecule has 0 aliphatic rings. The molecule has 0 saturated heterocycles. The molecular formula is C18H19ClN6O3S. The number of rotatable bonds is 6. The molecule has 0 saturated carbocycles. The molecule has 9 nitrogen and oxygen atoms in total. The van der Waals surface area contributed by atoms with Crippen LogP contribution in [0.2, 0.25) is 5.02 Å². The molecule has 152 valence electrons. The van der Waals surface area contributed by atoms with Crippen LogP contribution in [0, 0.1) is 6.92 Å². The van der Waals surface area contributed by atoms with Crippen LogP contribution < -0.4 is 5.32 Å². The number of halogens is 1. The van der Waals surface area contributed by atoms with Gasteiger partial charge in [0, 0.05) is 30.4 Å². The number of aromatic nitrogens is 4. The van der Waals surface area contributed by atoms with E-state index in [1.165, 1.54) is 26.2 Å². The van der Waals surface area contributed by atoms with E-state index in [0.717, 1.165) is 20.2 Å². The summed E-state index contributed by atoms with van der Waals surface area (Å²) in [7, 11) is -0.715. The van der Waals surface area contributed by atoms with E-state index in [-0.39, 0.29) is 11.4 Å². The molecule has 0 fully saturated rings. The third-order valence-electron chi connectivity index (χ3n) is 4.10. The van der Waals surface area contributed by atoms with Gasteiger partial charge in [0.25, 0.3) is 0 Å². The van der Waals surface area contributed by atoms with Gasteiger partial charge < -0.3 is 5.32 Å². The van der Waals surface area contributed by atoms with E-state index >= 15 is 0 Å². The molecule has 29 heavy (non-hydrogen) atoms. The summed E-state index contributed by atoms with van der Waals surface area (Å²) in [5.41, 5.74) is 1.85. The van der Waals surface area contributed by atoms with Crippen molar-refractivity contribution in [2.24, 2.45) is 0 Å². The van der Waals surface area contributed by atoms with Crippen molar-refractivity contribution in [3.8, 4) is 11.4 Å². The van der Waals surface area contributed by atoms with Crippen molar-refractivity contribution in [2.45, 2.75) is 18.4 Å². The lowest BCUT2D eigenvalue weighted by molar-refractivity contribution is -0.117. The van der Waals surface area contributed by atoms with Crippen molar-refractivity contribution in [3.05, 3.63) is 53.1 Å². The number of nitrogens with one attached hydrogen (secondary N) is 1. The van der Waals surface area contributed by atoms with Crippen molar-refractivity contribution in [3.63, 3.8) is 0 Å². The highest BCUT2D eigenvalue weighted by Crippen LogP contribution is 2.22. The summed E-state index contributed by atoms with van der Waals surface area (Å²) in [5, 5.41) is 15.3. The molecule has 0 bridgehead atoms. The number of anilines is 1. The zero-order valence-corrected chi connectivity index (χ0v) is 17.6. The van der Waals surface area contributed by atoms with Crippen molar-refractivity contribution < 1.29 is 13.2 Å². The molecule has 1 N–H and O–H groups in total. The normalized spacial score (nSPS) is 11.6. The van der Waals surface area contributed by atoms with Crippen LogP contribution >= 0.6 is 11.6 Å². The van der Waals surface area contributed by atoms with E-state index in [9.17, 15) is 13.2 Å². The first-order valence-corrected chi connectivity index (χ1v) is 10.4. The number of hydrogen-bond acceptors (Lipinski definition) is 6. The number of tetrazole rings is 1. The fourth-order valence-electron chi connectivity index (χ4n) is 2.45. The van der Waals surface area contributed by atoms with Crippen LogP contribution in [0.4, 0.5) is 5.69 Å². The Morgan fingerprint density at radius 1 is 1.17 bits per heavy atom. The minimum atomic E-state index is -3.61. The highest BCUT2D eigenvalue weighted by atomic mass is 35.5. The number of hydrogen-bond donors (Lipinski definition) is 1. The van der Waals surface area contributed by atoms with E-state index in [1.54, 1.807) is 37.3 Å². The SMILES string of the molecule is Cc1ccc(S(=O)(=O)N(C)C)cc1NC(=O)Cn1nnc(-c2ccc(Cl)cc2)n1. The van der Waals surface area contributed by atoms with Crippen LogP contribution in [0.15, 0.2) is 47.4 Å². The lowest BCUT2D eigenvalue weighted by Crippen LogP contribution is -2.23. The van der Waals surface area contributed by atoms with Crippen LogP contribution in [0.1, 0.15) is 5.56 Å². The Balaban J connectivity index is 1.74. The molecular weight excluding hydrogens is 416 g/mol. The lowest BCUT2D eigenvalue weighted by Gasteiger charge is -2.14. The van der Waals surface area contributed by atoms with Crippen molar-refractivity contribution in [1.82, 2.24) is 24.5 Å². The standard InChI is InChI=1S/C18H19ClN6O3S/c1-12-4-9-15(29(27,28)24(2)3)10-16(12)20-17(26)11-25-22-18(21-23-25)13-5-7-14(19)8-6-13/h4-10H,11H2,1-3H3,(H,20,26). The summed E-state index contributed by atoms with van der Waals surface area (Å²) in [4.78, 5) is 13.7. The second kappa shape index (κ2) is 8.27.